The minimum Gasteiger partial charge on any atom is -0.466 e. The van der Waals surface area contributed by atoms with Gasteiger partial charge in [0.05, 0.1) is 13.0 Å². The number of ether oxygens (including phenoxy) is 1. The number of nitrogen functional groups attached to an aromatic ring is 1. The van der Waals surface area contributed by atoms with E-state index in [1.807, 2.05) is 0 Å². The summed E-state index contributed by atoms with van der Waals surface area (Å²) in [7, 11) is 0. The molecule has 1 aromatic rings. The summed E-state index contributed by atoms with van der Waals surface area (Å²) in [5, 5.41) is 11.5. The Morgan fingerprint density at radius 3 is 2.82 bits per heavy atom. The first-order chi connectivity index (χ1) is 8.04. The third-order valence-electron chi connectivity index (χ3n) is 1.92. The van der Waals surface area contributed by atoms with E-state index in [9.17, 15) is 4.79 Å². The molecule has 0 bridgehead atoms. The molecule has 1 aromatic heterocycles. The van der Waals surface area contributed by atoms with E-state index in [1.54, 1.807) is 20.8 Å². The van der Waals surface area contributed by atoms with Crippen molar-refractivity contribution in [2.45, 2.75) is 27.2 Å². The lowest BCUT2D eigenvalue weighted by Crippen LogP contribution is -2.15. The maximum Gasteiger partial charge on any atom is 0.311 e. The third kappa shape index (κ3) is 3.74. The zero-order valence-corrected chi connectivity index (χ0v) is 10.1. The predicted molar refractivity (Wildman–Crippen MR) is 62.9 cm³/mol. The van der Waals surface area contributed by atoms with Gasteiger partial charge < -0.3 is 10.6 Å². The first kappa shape index (κ1) is 12.9. The number of nitrogens with zero attached hydrogens (tertiary/aromatic N) is 4. The van der Waals surface area contributed by atoms with Crippen molar-refractivity contribution < 1.29 is 9.53 Å². The molecule has 0 aliphatic heterocycles. The van der Waals surface area contributed by atoms with E-state index in [0.717, 1.165) is 0 Å². The highest BCUT2D eigenvalue weighted by atomic mass is 16.5. The summed E-state index contributed by atoms with van der Waals surface area (Å²) in [6, 6.07) is 0. The van der Waals surface area contributed by atoms with Crippen molar-refractivity contribution in [3.05, 3.63) is 5.82 Å². The van der Waals surface area contributed by atoms with Gasteiger partial charge in [-0.2, -0.15) is 5.10 Å². The SMILES string of the molecule is CCOC(=O)C/C(C)=N/Nc1nnc(C)n1N. The first-order valence-corrected chi connectivity index (χ1v) is 5.16. The van der Waals surface area contributed by atoms with Gasteiger partial charge in [0.15, 0.2) is 5.82 Å². The van der Waals surface area contributed by atoms with Gasteiger partial charge >= 0.3 is 5.97 Å². The van der Waals surface area contributed by atoms with Crippen LogP contribution in [0, 0.1) is 6.92 Å². The molecule has 0 aliphatic rings. The molecule has 0 fully saturated rings. The molecular formula is C9H16N6O2. The van der Waals surface area contributed by atoms with Crippen molar-refractivity contribution >= 4 is 17.6 Å². The van der Waals surface area contributed by atoms with Gasteiger partial charge in [-0.25, -0.2) is 10.1 Å². The van der Waals surface area contributed by atoms with Crippen LogP contribution in [0.2, 0.25) is 0 Å². The van der Waals surface area contributed by atoms with Crippen LogP contribution in [0.3, 0.4) is 0 Å². The molecule has 0 saturated carbocycles. The van der Waals surface area contributed by atoms with Crippen molar-refractivity contribution in [1.82, 2.24) is 14.9 Å². The van der Waals surface area contributed by atoms with Crippen LogP contribution in [0.15, 0.2) is 5.10 Å². The van der Waals surface area contributed by atoms with E-state index >= 15 is 0 Å². The van der Waals surface area contributed by atoms with Crippen molar-refractivity contribution in [2.75, 3.05) is 17.9 Å². The van der Waals surface area contributed by atoms with Gasteiger partial charge in [-0.1, -0.05) is 0 Å². The molecule has 0 aliphatic carbocycles. The molecule has 17 heavy (non-hydrogen) atoms. The molecule has 8 nitrogen and oxygen atoms in total. The Bertz CT molecular complexity index is 425. The molecule has 0 amide bonds. The van der Waals surface area contributed by atoms with Crippen LogP contribution < -0.4 is 11.3 Å². The van der Waals surface area contributed by atoms with Crippen LogP contribution in [-0.2, 0) is 9.53 Å². The summed E-state index contributed by atoms with van der Waals surface area (Å²) < 4.78 is 6.05. The van der Waals surface area contributed by atoms with E-state index in [4.69, 9.17) is 10.6 Å². The second kappa shape index (κ2) is 5.83. The summed E-state index contributed by atoms with van der Waals surface area (Å²) in [6.07, 6.45) is 0.124. The molecule has 3 N–H and O–H groups in total. The summed E-state index contributed by atoms with van der Waals surface area (Å²) >= 11 is 0. The second-order valence-electron chi connectivity index (χ2n) is 3.38. The number of carbonyl (C=O) groups excluding carboxylic acids is 1. The summed E-state index contributed by atoms with van der Waals surface area (Å²) in [5.74, 6) is 6.16. The van der Waals surface area contributed by atoms with Gasteiger partial charge in [0.1, 0.15) is 0 Å². The standard InChI is InChI=1S/C9H16N6O2/c1-4-17-8(16)5-6(2)11-13-9-14-12-7(3)15(9)10/h4-5,10H2,1-3H3,(H,13,14)/b11-6+. The summed E-state index contributed by atoms with van der Waals surface area (Å²) in [4.78, 5) is 11.1. The highest BCUT2D eigenvalue weighted by Gasteiger charge is 2.06. The molecule has 8 heteroatoms. The van der Waals surface area contributed by atoms with E-state index in [1.165, 1.54) is 4.68 Å². The zero-order chi connectivity index (χ0) is 12.8. The molecule has 1 heterocycles. The molecule has 0 radical (unpaired) electrons. The third-order valence-corrected chi connectivity index (χ3v) is 1.92. The quantitative estimate of drug-likeness (QED) is 0.325. The number of hydrogen-bond acceptors (Lipinski definition) is 7. The van der Waals surface area contributed by atoms with Gasteiger partial charge in [0.25, 0.3) is 5.95 Å². The van der Waals surface area contributed by atoms with Crippen molar-refractivity contribution in [3.63, 3.8) is 0 Å². The minimum absolute atomic E-state index is 0.124. The fourth-order valence-corrected chi connectivity index (χ4v) is 1.05. The lowest BCUT2D eigenvalue weighted by molar-refractivity contribution is -0.141. The topological polar surface area (TPSA) is 107 Å². The first-order valence-electron chi connectivity index (χ1n) is 5.16. The van der Waals surface area contributed by atoms with Gasteiger partial charge in [0, 0.05) is 5.71 Å². The number of hydrazone groups is 1. The highest BCUT2D eigenvalue weighted by molar-refractivity contribution is 5.97. The summed E-state index contributed by atoms with van der Waals surface area (Å²) in [6.45, 7) is 5.53. The van der Waals surface area contributed by atoms with Crippen molar-refractivity contribution in [3.8, 4) is 0 Å². The Hall–Kier alpha value is -2.12. The monoisotopic (exact) mass is 240 g/mol. The van der Waals surface area contributed by atoms with Crippen molar-refractivity contribution in [1.29, 1.82) is 0 Å². The molecule has 0 atom stereocenters. The molecule has 0 saturated heterocycles. The maximum atomic E-state index is 11.1. The van der Waals surface area contributed by atoms with Crippen LogP contribution >= 0.6 is 0 Å². The highest BCUT2D eigenvalue weighted by Crippen LogP contribution is 2.01. The number of nitrogens with one attached hydrogen (secondary N) is 1. The van der Waals surface area contributed by atoms with Crippen LogP contribution in [0.4, 0.5) is 5.95 Å². The number of rotatable bonds is 5. The predicted octanol–water partition coefficient (Wildman–Crippen LogP) is 0.0413. The molecule has 1 rings (SSSR count). The van der Waals surface area contributed by atoms with Crippen LogP contribution in [0.5, 0.6) is 0 Å². The normalized spacial score (nSPS) is 11.4. The van der Waals surface area contributed by atoms with E-state index in [2.05, 4.69) is 20.7 Å². The molecule has 94 valence electrons. The number of aryl methyl sites for hydroxylation is 1. The number of hydrogen-bond donors (Lipinski definition) is 2. The van der Waals surface area contributed by atoms with Crippen LogP contribution in [0.1, 0.15) is 26.1 Å². The van der Waals surface area contributed by atoms with Gasteiger partial charge in [0.2, 0.25) is 0 Å². The number of aromatic nitrogens is 3. The lowest BCUT2D eigenvalue weighted by Gasteiger charge is -2.03. The Balaban J connectivity index is 2.53. The van der Waals surface area contributed by atoms with Gasteiger partial charge in [-0.15, -0.1) is 10.2 Å². The Morgan fingerprint density at radius 1 is 1.59 bits per heavy atom. The average molecular weight is 240 g/mol. The zero-order valence-electron chi connectivity index (χ0n) is 10.1. The largest absolute Gasteiger partial charge is 0.466 e. The lowest BCUT2D eigenvalue weighted by atomic mass is 10.3. The van der Waals surface area contributed by atoms with Crippen LogP contribution in [0.25, 0.3) is 0 Å². The maximum absolute atomic E-state index is 11.1. The van der Waals surface area contributed by atoms with Gasteiger partial charge in [-0.05, 0) is 20.8 Å². The van der Waals surface area contributed by atoms with E-state index in [-0.39, 0.29) is 12.4 Å². The number of nitrogens with two attached hydrogens (primary N) is 1. The summed E-state index contributed by atoms with van der Waals surface area (Å²) in [5.41, 5.74) is 3.20. The Labute approximate surface area is 98.8 Å². The molecule has 0 unspecified atom stereocenters. The van der Waals surface area contributed by atoms with E-state index in [0.29, 0.717) is 24.1 Å². The fraction of sp³-hybridized carbons (Fsp3) is 0.556. The minimum atomic E-state index is -0.319. The smallest absolute Gasteiger partial charge is 0.311 e. The van der Waals surface area contributed by atoms with Crippen molar-refractivity contribution in [2.24, 2.45) is 5.10 Å². The Morgan fingerprint density at radius 2 is 2.29 bits per heavy atom. The Kier molecular flexibility index (Phi) is 4.44. The number of anilines is 1. The molecule has 0 aromatic carbocycles. The van der Waals surface area contributed by atoms with Crippen LogP contribution in [-0.4, -0.2) is 33.2 Å². The number of esters is 1. The fourth-order valence-electron chi connectivity index (χ4n) is 1.05. The molecule has 0 spiro atoms. The second-order valence-corrected chi connectivity index (χ2v) is 3.38. The number of carbonyl (C=O) groups is 1. The van der Waals surface area contributed by atoms with Gasteiger partial charge in [-0.3, -0.25) is 4.79 Å². The average Bonchev–Trinajstić information content (AvgIpc) is 2.57. The van der Waals surface area contributed by atoms with E-state index < -0.39 is 0 Å². The molecular weight excluding hydrogens is 224 g/mol.